The maximum Gasteiger partial charge on any atom is 0.337 e. The number of carbonyl (C=O) groups is 1. The quantitative estimate of drug-likeness (QED) is 0.795. The number of hydrogen-bond donors (Lipinski definition) is 1. The lowest BCUT2D eigenvalue weighted by molar-refractivity contribution is 0.0698. The van der Waals surface area contributed by atoms with Crippen molar-refractivity contribution in [1.29, 1.82) is 0 Å². The van der Waals surface area contributed by atoms with Crippen LogP contribution in [0.15, 0.2) is 23.0 Å². The summed E-state index contributed by atoms with van der Waals surface area (Å²) in [5.41, 5.74) is -0.203. The summed E-state index contributed by atoms with van der Waals surface area (Å²) < 4.78 is 1.19. The van der Waals surface area contributed by atoms with Crippen LogP contribution in [0.3, 0.4) is 0 Å². The summed E-state index contributed by atoms with van der Waals surface area (Å²) in [5.74, 6) is -1.12. The predicted molar refractivity (Wildman–Crippen MR) is 56.4 cm³/mol. The van der Waals surface area contributed by atoms with Crippen molar-refractivity contribution in [2.45, 2.75) is 13.5 Å². The van der Waals surface area contributed by atoms with E-state index < -0.39 is 5.97 Å². The highest BCUT2D eigenvalue weighted by atomic mass is 16.4. The van der Waals surface area contributed by atoms with Crippen LogP contribution in [0.2, 0.25) is 0 Å². The molecule has 0 aliphatic rings. The lowest BCUT2D eigenvalue weighted by Gasteiger charge is -2.03. The van der Waals surface area contributed by atoms with Gasteiger partial charge >= 0.3 is 5.97 Å². The van der Waals surface area contributed by atoms with Gasteiger partial charge in [0.15, 0.2) is 0 Å². The molecule has 0 saturated heterocycles. The van der Waals surface area contributed by atoms with E-state index in [0.717, 1.165) is 0 Å². The average Bonchev–Trinajstić information content (AvgIpc) is 2.29. The summed E-state index contributed by atoms with van der Waals surface area (Å²) in [6.07, 6.45) is 0. The van der Waals surface area contributed by atoms with Gasteiger partial charge in [-0.05, 0) is 19.1 Å². The van der Waals surface area contributed by atoms with Crippen LogP contribution in [0.25, 0.3) is 10.9 Å². The highest BCUT2D eigenvalue weighted by Gasteiger charge is 2.12. The zero-order valence-corrected chi connectivity index (χ0v) is 8.54. The monoisotopic (exact) mass is 219 g/mol. The Bertz CT molecular complexity index is 618. The molecule has 0 spiro atoms. The van der Waals surface area contributed by atoms with E-state index in [1.54, 1.807) is 13.0 Å². The van der Waals surface area contributed by atoms with Gasteiger partial charge in [0.05, 0.1) is 10.9 Å². The Morgan fingerprint density at radius 3 is 2.88 bits per heavy atom. The molecule has 82 valence electrons. The molecular weight excluding hydrogens is 210 g/mol. The van der Waals surface area contributed by atoms with Gasteiger partial charge in [-0.2, -0.15) is 0 Å². The van der Waals surface area contributed by atoms with E-state index in [9.17, 15) is 9.59 Å². The Hall–Kier alpha value is -2.24. The van der Waals surface area contributed by atoms with E-state index in [0.29, 0.717) is 6.54 Å². The van der Waals surface area contributed by atoms with Crippen molar-refractivity contribution in [2.24, 2.45) is 0 Å². The second-order valence-electron chi connectivity index (χ2n) is 3.22. The minimum atomic E-state index is -1.12. The number of fused-ring (bicyclic) bond motifs is 1. The lowest BCUT2D eigenvalue weighted by atomic mass is 10.1. The Kier molecular flexibility index (Phi) is 2.40. The zero-order valence-electron chi connectivity index (χ0n) is 8.54. The molecular formula is C10H9N3O3. The van der Waals surface area contributed by atoms with Crippen LogP contribution in [0.5, 0.6) is 0 Å². The van der Waals surface area contributed by atoms with Crippen LogP contribution in [0, 0.1) is 0 Å². The van der Waals surface area contributed by atoms with E-state index in [1.165, 1.54) is 16.8 Å². The number of nitrogens with zero attached hydrogens (tertiary/aromatic N) is 3. The summed E-state index contributed by atoms with van der Waals surface area (Å²) in [6.45, 7) is 2.17. The summed E-state index contributed by atoms with van der Waals surface area (Å²) in [7, 11) is 0. The van der Waals surface area contributed by atoms with Crippen molar-refractivity contribution in [3.05, 3.63) is 34.1 Å². The Morgan fingerprint density at radius 1 is 1.50 bits per heavy atom. The standard InChI is InChI=1S/C10H9N3O3/c1-2-13-9(14)6-4-3-5-7(10(15)16)8(6)11-12-13/h3-5H,2H2,1H3,(H,15,16). The fourth-order valence-corrected chi connectivity index (χ4v) is 1.48. The second kappa shape index (κ2) is 3.73. The number of aromatic nitrogens is 3. The molecule has 6 nitrogen and oxygen atoms in total. The molecule has 0 saturated carbocycles. The van der Waals surface area contributed by atoms with Gasteiger partial charge in [-0.1, -0.05) is 11.3 Å². The Labute approximate surface area is 90.1 Å². The SMILES string of the molecule is CCn1nnc2c(C(=O)O)cccc2c1=O. The molecule has 0 aliphatic heterocycles. The molecule has 1 aromatic heterocycles. The Balaban J connectivity index is 2.88. The minimum Gasteiger partial charge on any atom is -0.478 e. The highest BCUT2D eigenvalue weighted by Crippen LogP contribution is 2.11. The molecule has 0 bridgehead atoms. The van der Waals surface area contributed by atoms with Crippen molar-refractivity contribution in [1.82, 2.24) is 15.0 Å². The van der Waals surface area contributed by atoms with Crippen LogP contribution in [-0.2, 0) is 6.54 Å². The van der Waals surface area contributed by atoms with E-state index in [2.05, 4.69) is 10.3 Å². The van der Waals surface area contributed by atoms with Crippen molar-refractivity contribution in [2.75, 3.05) is 0 Å². The molecule has 16 heavy (non-hydrogen) atoms. The van der Waals surface area contributed by atoms with E-state index in [1.807, 2.05) is 0 Å². The van der Waals surface area contributed by atoms with Gasteiger partial charge in [-0.15, -0.1) is 5.10 Å². The first-order valence-corrected chi connectivity index (χ1v) is 4.75. The van der Waals surface area contributed by atoms with Gasteiger partial charge in [-0.3, -0.25) is 4.79 Å². The highest BCUT2D eigenvalue weighted by molar-refractivity contribution is 6.01. The van der Waals surface area contributed by atoms with Crippen molar-refractivity contribution < 1.29 is 9.90 Å². The fourth-order valence-electron chi connectivity index (χ4n) is 1.48. The molecule has 0 amide bonds. The van der Waals surface area contributed by atoms with Crippen LogP contribution in [0.1, 0.15) is 17.3 Å². The van der Waals surface area contributed by atoms with Gasteiger partial charge in [0.25, 0.3) is 5.56 Å². The first kappa shape index (κ1) is 10.3. The summed E-state index contributed by atoms with van der Waals surface area (Å²) in [5, 5.41) is 16.6. The Morgan fingerprint density at radius 2 is 2.25 bits per heavy atom. The maximum absolute atomic E-state index is 11.8. The minimum absolute atomic E-state index is 0.00893. The second-order valence-corrected chi connectivity index (χ2v) is 3.22. The average molecular weight is 219 g/mol. The van der Waals surface area contributed by atoms with Gasteiger partial charge in [0.2, 0.25) is 0 Å². The number of carboxylic acid groups (broad SMARTS) is 1. The first-order chi connectivity index (χ1) is 7.65. The molecule has 1 heterocycles. The van der Waals surface area contributed by atoms with Gasteiger partial charge in [0.1, 0.15) is 5.52 Å². The number of carboxylic acids is 1. The zero-order chi connectivity index (χ0) is 11.7. The van der Waals surface area contributed by atoms with Gasteiger partial charge < -0.3 is 5.11 Å². The van der Waals surface area contributed by atoms with Crippen LogP contribution < -0.4 is 5.56 Å². The van der Waals surface area contributed by atoms with E-state index in [-0.39, 0.29) is 22.0 Å². The molecule has 1 N–H and O–H groups in total. The molecule has 2 rings (SSSR count). The van der Waals surface area contributed by atoms with Crippen LogP contribution in [0.4, 0.5) is 0 Å². The van der Waals surface area contributed by atoms with Crippen molar-refractivity contribution in [3.63, 3.8) is 0 Å². The van der Waals surface area contributed by atoms with Gasteiger partial charge in [-0.25, -0.2) is 9.48 Å². The number of benzene rings is 1. The number of hydrogen-bond acceptors (Lipinski definition) is 4. The predicted octanol–water partition coefficient (Wildman–Crippen LogP) is 0.510. The molecule has 0 fully saturated rings. The first-order valence-electron chi connectivity index (χ1n) is 4.75. The molecule has 1 aromatic carbocycles. The molecule has 0 unspecified atom stereocenters. The largest absolute Gasteiger partial charge is 0.478 e. The smallest absolute Gasteiger partial charge is 0.337 e. The lowest BCUT2D eigenvalue weighted by Crippen LogP contribution is -2.24. The van der Waals surface area contributed by atoms with Crippen LogP contribution in [-0.4, -0.2) is 26.1 Å². The number of rotatable bonds is 2. The summed E-state index contributed by atoms with van der Waals surface area (Å²) in [4.78, 5) is 22.7. The maximum atomic E-state index is 11.8. The van der Waals surface area contributed by atoms with Crippen molar-refractivity contribution >= 4 is 16.9 Å². The number of aromatic carboxylic acids is 1. The third kappa shape index (κ3) is 1.44. The molecule has 0 radical (unpaired) electrons. The third-order valence-corrected chi connectivity index (χ3v) is 2.28. The topological polar surface area (TPSA) is 85.1 Å². The molecule has 0 aliphatic carbocycles. The van der Waals surface area contributed by atoms with Crippen LogP contribution >= 0.6 is 0 Å². The molecule has 6 heteroatoms. The number of aryl methyl sites for hydroxylation is 1. The summed E-state index contributed by atoms with van der Waals surface area (Å²) in [6, 6.07) is 4.47. The molecule has 2 aromatic rings. The third-order valence-electron chi connectivity index (χ3n) is 2.28. The fraction of sp³-hybridized carbons (Fsp3) is 0.200. The molecule has 0 atom stereocenters. The normalized spacial score (nSPS) is 10.6. The van der Waals surface area contributed by atoms with E-state index in [4.69, 9.17) is 5.11 Å². The van der Waals surface area contributed by atoms with E-state index >= 15 is 0 Å². The van der Waals surface area contributed by atoms with Crippen molar-refractivity contribution in [3.8, 4) is 0 Å². The van der Waals surface area contributed by atoms with Gasteiger partial charge in [0, 0.05) is 6.54 Å². The summed E-state index contributed by atoms with van der Waals surface area (Å²) >= 11 is 0.